The van der Waals surface area contributed by atoms with Gasteiger partial charge in [0.25, 0.3) is 5.91 Å². The Kier molecular flexibility index (Phi) is 6.17. The number of pyridine rings is 1. The zero-order valence-electron chi connectivity index (χ0n) is 16.7. The third-order valence-electron chi connectivity index (χ3n) is 4.96. The molecule has 4 rings (SSSR count). The van der Waals surface area contributed by atoms with E-state index in [-0.39, 0.29) is 24.4 Å². The summed E-state index contributed by atoms with van der Waals surface area (Å²) in [5.74, 6) is -0.144. The van der Waals surface area contributed by atoms with Crippen molar-refractivity contribution in [3.8, 4) is 11.1 Å². The molecule has 0 bridgehead atoms. The highest BCUT2D eigenvalue weighted by molar-refractivity contribution is 5.95. The van der Waals surface area contributed by atoms with E-state index in [1.807, 2.05) is 48.5 Å². The number of hydrogen-bond donors (Lipinski definition) is 2. The van der Waals surface area contributed by atoms with Gasteiger partial charge in [-0.25, -0.2) is 13.8 Å². The number of hydrogen-bond acceptors (Lipinski definition) is 3. The number of para-hydroxylation sites is 1. The molecule has 156 valence electrons. The second-order valence-corrected chi connectivity index (χ2v) is 7.21. The van der Waals surface area contributed by atoms with E-state index in [1.54, 1.807) is 24.4 Å². The summed E-state index contributed by atoms with van der Waals surface area (Å²) in [6.07, 6.45) is 2.73. The molecule has 0 fully saturated rings. The molecule has 0 spiro atoms. The summed E-state index contributed by atoms with van der Waals surface area (Å²) in [5.41, 5.74) is 3.37. The average Bonchev–Trinajstić information content (AvgIpc) is 2.80. The van der Waals surface area contributed by atoms with Crippen LogP contribution in [0.2, 0.25) is 0 Å². The van der Waals surface area contributed by atoms with Gasteiger partial charge in [-0.15, -0.1) is 0 Å². The summed E-state index contributed by atoms with van der Waals surface area (Å²) in [4.78, 5) is 16.9. The maximum absolute atomic E-state index is 13.8. The minimum atomic E-state index is -1.22. The molecule has 1 heterocycles. The zero-order chi connectivity index (χ0) is 21.6. The maximum Gasteiger partial charge on any atom is 0.251 e. The van der Waals surface area contributed by atoms with E-state index in [0.29, 0.717) is 11.4 Å². The first-order valence-electron chi connectivity index (χ1n) is 9.95. The number of nitrogens with one attached hydrogen (secondary N) is 2. The van der Waals surface area contributed by atoms with Gasteiger partial charge in [-0.3, -0.25) is 4.79 Å². The minimum Gasteiger partial charge on any atom is -0.348 e. The van der Waals surface area contributed by atoms with Gasteiger partial charge in [0.05, 0.1) is 0 Å². The number of anilines is 2. The highest BCUT2D eigenvalue weighted by atomic mass is 19.1. The molecule has 2 aromatic carbocycles. The number of allylic oxidation sites excluding steroid dienone is 3. The first-order valence-corrected chi connectivity index (χ1v) is 9.95. The fourth-order valence-electron chi connectivity index (χ4n) is 3.34. The van der Waals surface area contributed by atoms with Gasteiger partial charge >= 0.3 is 0 Å². The molecular formula is C25H21F2N3O. The van der Waals surface area contributed by atoms with Crippen LogP contribution in [0.15, 0.2) is 96.5 Å². The van der Waals surface area contributed by atoms with Gasteiger partial charge < -0.3 is 10.6 Å². The number of benzene rings is 2. The fourth-order valence-corrected chi connectivity index (χ4v) is 3.34. The van der Waals surface area contributed by atoms with E-state index in [9.17, 15) is 13.6 Å². The van der Waals surface area contributed by atoms with Gasteiger partial charge in [0.1, 0.15) is 17.8 Å². The first-order chi connectivity index (χ1) is 15.1. The van der Waals surface area contributed by atoms with Crippen LogP contribution in [0.5, 0.6) is 0 Å². The number of halogens is 2. The maximum atomic E-state index is 13.8. The van der Waals surface area contributed by atoms with Crippen LogP contribution >= 0.6 is 0 Å². The normalized spacial score (nSPS) is 15.6. The predicted molar refractivity (Wildman–Crippen MR) is 119 cm³/mol. The van der Waals surface area contributed by atoms with Gasteiger partial charge in [-0.1, -0.05) is 30.3 Å². The van der Waals surface area contributed by atoms with Crippen molar-refractivity contribution >= 4 is 17.4 Å². The van der Waals surface area contributed by atoms with E-state index in [4.69, 9.17) is 0 Å². The summed E-state index contributed by atoms with van der Waals surface area (Å²) < 4.78 is 27.3. The summed E-state index contributed by atoms with van der Waals surface area (Å²) >= 11 is 0. The predicted octanol–water partition coefficient (Wildman–Crippen LogP) is 5.74. The smallest absolute Gasteiger partial charge is 0.251 e. The number of carbonyl (C=O) groups is 1. The largest absolute Gasteiger partial charge is 0.348 e. The van der Waals surface area contributed by atoms with Crippen LogP contribution in [0.4, 0.5) is 20.3 Å². The third-order valence-corrected chi connectivity index (χ3v) is 4.96. The number of alkyl halides is 1. The van der Waals surface area contributed by atoms with E-state index < -0.39 is 12.0 Å². The monoisotopic (exact) mass is 417 g/mol. The Balaban J connectivity index is 1.47. The van der Waals surface area contributed by atoms with Crippen molar-refractivity contribution < 1.29 is 13.6 Å². The molecule has 1 aliphatic rings. The zero-order valence-corrected chi connectivity index (χ0v) is 16.7. The Bertz CT molecular complexity index is 1140. The lowest BCUT2D eigenvalue weighted by Crippen LogP contribution is -2.27. The van der Waals surface area contributed by atoms with Crippen LogP contribution in [-0.2, 0) is 0 Å². The lowest BCUT2D eigenvalue weighted by Gasteiger charge is -2.15. The van der Waals surface area contributed by atoms with Crippen molar-refractivity contribution in [2.45, 2.75) is 12.6 Å². The third kappa shape index (κ3) is 5.22. The van der Waals surface area contributed by atoms with E-state index in [1.165, 1.54) is 6.08 Å². The van der Waals surface area contributed by atoms with Gasteiger partial charge in [-0.2, -0.15) is 0 Å². The molecule has 31 heavy (non-hydrogen) atoms. The van der Waals surface area contributed by atoms with Gasteiger partial charge in [0.2, 0.25) is 0 Å². The lowest BCUT2D eigenvalue weighted by molar-refractivity contribution is 0.0956. The van der Waals surface area contributed by atoms with Crippen LogP contribution in [-0.4, -0.2) is 23.6 Å². The first kappa shape index (κ1) is 20.5. The quantitative estimate of drug-likeness (QED) is 0.537. The average molecular weight is 417 g/mol. The highest BCUT2D eigenvalue weighted by Crippen LogP contribution is 2.25. The number of carbonyl (C=O) groups excluding carboxylic acids is 1. The molecule has 2 N–H and O–H groups in total. The summed E-state index contributed by atoms with van der Waals surface area (Å²) in [6.45, 7) is -0.0277. The van der Waals surface area contributed by atoms with Crippen LogP contribution in [0.3, 0.4) is 0 Å². The number of aromatic nitrogens is 1. The Morgan fingerprint density at radius 2 is 1.84 bits per heavy atom. The second-order valence-electron chi connectivity index (χ2n) is 7.21. The van der Waals surface area contributed by atoms with Gasteiger partial charge in [0.15, 0.2) is 0 Å². The molecule has 0 saturated carbocycles. The molecule has 1 atom stereocenters. The van der Waals surface area contributed by atoms with E-state index in [2.05, 4.69) is 15.6 Å². The molecule has 1 amide bonds. The van der Waals surface area contributed by atoms with Crippen molar-refractivity contribution in [3.63, 3.8) is 0 Å². The van der Waals surface area contributed by atoms with Crippen molar-refractivity contribution in [3.05, 3.63) is 102 Å². The highest BCUT2D eigenvalue weighted by Gasteiger charge is 2.17. The lowest BCUT2D eigenvalue weighted by atomic mass is 10.0. The molecule has 0 radical (unpaired) electrons. The van der Waals surface area contributed by atoms with Crippen molar-refractivity contribution in [2.24, 2.45) is 0 Å². The van der Waals surface area contributed by atoms with Gasteiger partial charge in [-0.05, 0) is 65.3 Å². The Morgan fingerprint density at radius 3 is 2.68 bits per heavy atom. The molecule has 1 aliphatic carbocycles. The number of nitrogens with zero attached hydrogens (tertiary/aromatic N) is 1. The van der Waals surface area contributed by atoms with Gasteiger partial charge in [0, 0.05) is 30.4 Å². The van der Waals surface area contributed by atoms with Crippen LogP contribution in [0, 0.1) is 0 Å². The molecule has 3 aromatic rings. The van der Waals surface area contributed by atoms with Crippen LogP contribution in [0.1, 0.15) is 16.8 Å². The fraction of sp³-hybridized carbons (Fsp3) is 0.120. The molecule has 1 aromatic heterocycles. The molecule has 0 aliphatic heterocycles. The van der Waals surface area contributed by atoms with Crippen LogP contribution < -0.4 is 10.6 Å². The minimum absolute atomic E-state index is 0.0277. The van der Waals surface area contributed by atoms with Crippen molar-refractivity contribution in [1.82, 2.24) is 10.3 Å². The van der Waals surface area contributed by atoms with Crippen LogP contribution in [0.25, 0.3) is 11.1 Å². The Hall–Kier alpha value is -3.80. The summed E-state index contributed by atoms with van der Waals surface area (Å²) in [7, 11) is 0. The second kappa shape index (κ2) is 9.34. The van der Waals surface area contributed by atoms with E-state index in [0.717, 1.165) is 22.9 Å². The molecule has 0 saturated heterocycles. The topological polar surface area (TPSA) is 54.0 Å². The molecular weight excluding hydrogens is 396 g/mol. The SMILES string of the molecule is O=C(NCC1=C(F)C=CC(F)C1)c1cccc(-c2ccnc(Nc3ccccc3)c2)c1. The summed E-state index contributed by atoms with van der Waals surface area (Å²) in [5, 5.41) is 5.93. The van der Waals surface area contributed by atoms with Crippen molar-refractivity contribution in [2.75, 3.05) is 11.9 Å². The molecule has 4 nitrogen and oxygen atoms in total. The summed E-state index contributed by atoms with van der Waals surface area (Å²) in [6, 6.07) is 20.6. The standard InChI is InChI=1S/C25H21F2N3O/c26-21-9-10-23(27)20(14-21)16-29-25(31)19-6-4-5-17(13-19)18-11-12-28-24(15-18)30-22-7-2-1-3-8-22/h1-13,15,21H,14,16H2,(H,28,30)(H,29,31). The molecule has 6 heteroatoms. The van der Waals surface area contributed by atoms with Crippen molar-refractivity contribution in [1.29, 1.82) is 0 Å². The number of rotatable bonds is 6. The van der Waals surface area contributed by atoms with E-state index >= 15 is 0 Å². The Morgan fingerprint density at radius 1 is 1.03 bits per heavy atom. The Labute approximate surface area is 179 Å². The number of amides is 1. The molecule has 1 unspecified atom stereocenters.